The van der Waals surface area contributed by atoms with Gasteiger partial charge in [-0.1, -0.05) is 35.4 Å². The summed E-state index contributed by atoms with van der Waals surface area (Å²) in [4.78, 5) is 0.244. The van der Waals surface area contributed by atoms with Gasteiger partial charge >= 0.3 is 0 Å². The van der Waals surface area contributed by atoms with Gasteiger partial charge in [-0.15, -0.1) is 0 Å². The number of hydrogen-bond acceptors (Lipinski definition) is 10. The van der Waals surface area contributed by atoms with Crippen molar-refractivity contribution in [3.63, 3.8) is 0 Å². The molecule has 2 aromatic carbocycles. The van der Waals surface area contributed by atoms with Gasteiger partial charge in [-0.05, 0) is 58.9 Å². The van der Waals surface area contributed by atoms with E-state index in [-0.39, 0.29) is 35.7 Å². The van der Waals surface area contributed by atoms with E-state index >= 15 is 0 Å². The van der Waals surface area contributed by atoms with E-state index < -0.39 is 25.8 Å². The van der Waals surface area contributed by atoms with Crippen LogP contribution in [0.25, 0.3) is 0 Å². The Morgan fingerprint density at radius 2 is 1.07 bits per heavy atom. The van der Waals surface area contributed by atoms with Gasteiger partial charge in [0.1, 0.15) is 0 Å². The van der Waals surface area contributed by atoms with Crippen LogP contribution in [0.4, 0.5) is 0 Å². The normalized spacial score (nSPS) is 13.4. The molecule has 0 spiro atoms. The molecule has 0 radical (unpaired) electrons. The smallest absolute Gasteiger partial charge is 0.297 e. The molecular formula is C28H42O10S2. The minimum Gasteiger partial charge on any atom is -0.377 e. The van der Waals surface area contributed by atoms with Crippen molar-refractivity contribution in [1.29, 1.82) is 0 Å². The van der Waals surface area contributed by atoms with E-state index in [1.54, 1.807) is 24.3 Å². The standard InChI is InChI=1S/C28H42O10S2/c1-23-6-10-26(11-7-23)39(29,30)37-15-14-28(4,5)36-22-25(3)35-20-18-33-16-17-34-19-21-38-40(31,32)27-12-8-24(2)9-13-27/h6-13,25H,14-22H2,1-5H3. The molecule has 0 saturated heterocycles. The molecule has 1 atom stereocenters. The van der Waals surface area contributed by atoms with Gasteiger partial charge in [-0.2, -0.15) is 16.8 Å². The van der Waals surface area contributed by atoms with E-state index in [0.717, 1.165) is 11.1 Å². The maximum atomic E-state index is 12.3. The first-order valence-corrected chi connectivity index (χ1v) is 16.0. The van der Waals surface area contributed by atoms with E-state index in [0.29, 0.717) is 39.5 Å². The molecule has 0 aliphatic heterocycles. The van der Waals surface area contributed by atoms with Crippen molar-refractivity contribution >= 4 is 20.2 Å². The van der Waals surface area contributed by atoms with Gasteiger partial charge in [-0.25, -0.2) is 0 Å². The number of ether oxygens (including phenoxy) is 4. The molecule has 0 bridgehead atoms. The molecule has 0 aliphatic carbocycles. The Hall–Kier alpha value is -1.90. The Labute approximate surface area is 239 Å². The zero-order chi connectivity index (χ0) is 29.7. The SMILES string of the molecule is Cc1ccc(S(=O)(=O)OCCOCCOCCOC(C)COC(C)(C)CCOS(=O)(=O)c2ccc(C)cc2)cc1. The molecule has 0 aliphatic rings. The summed E-state index contributed by atoms with van der Waals surface area (Å²) < 4.78 is 81.4. The van der Waals surface area contributed by atoms with Gasteiger partial charge in [0.2, 0.25) is 0 Å². The average Bonchev–Trinajstić information content (AvgIpc) is 2.89. The first kappa shape index (κ1) is 34.3. The fourth-order valence-corrected chi connectivity index (χ4v) is 5.04. The third kappa shape index (κ3) is 13.2. The highest BCUT2D eigenvalue weighted by atomic mass is 32.2. The molecule has 0 saturated carbocycles. The van der Waals surface area contributed by atoms with Crippen molar-refractivity contribution < 1.29 is 44.1 Å². The molecule has 10 nitrogen and oxygen atoms in total. The van der Waals surface area contributed by atoms with Gasteiger partial charge < -0.3 is 18.9 Å². The lowest BCUT2D eigenvalue weighted by Gasteiger charge is -2.27. The highest BCUT2D eigenvalue weighted by Gasteiger charge is 2.22. The molecule has 0 N–H and O–H groups in total. The second-order valence-corrected chi connectivity index (χ2v) is 13.1. The quantitative estimate of drug-likeness (QED) is 0.162. The average molecular weight is 603 g/mol. The monoisotopic (exact) mass is 602 g/mol. The van der Waals surface area contributed by atoms with Crippen LogP contribution in [-0.4, -0.2) is 81.4 Å². The van der Waals surface area contributed by atoms with Crippen molar-refractivity contribution in [1.82, 2.24) is 0 Å². The zero-order valence-corrected chi connectivity index (χ0v) is 25.6. The minimum atomic E-state index is -3.81. The van der Waals surface area contributed by atoms with Crippen molar-refractivity contribution in [3.8, 4) is 0 Å². The Kier molecular flexibility index (Phi) is 14.2. The fraction of sp³-hybridized carbons (Fsp3) is 0.571. The van der Waals surface area contributed by atoms with Crippen LogP contribution in [0.2, 0.25) is 0 Å². The summed E-state index contributed by atoms with van der Waals surface area (Å²) in [6, 6.07) is 12.9. The summed E-state index contributed by atoms with van der Waals surface area (Å²) in [5.74, 6) is 0. The molecule has 0 aromatic heterocycles. The number of hydrogen-bond donors (Lipinski definition) is 0. The van der Waals surface area contributed by atoms with E-state index in [1.807, 2.05) is 34.6 Å². The van der Waals surface area contributed by atoms with Crippen LogP contribution >= 0.6 is 0 Å². The third-order valence-electron chi connectivity index (χ3n) is 5.74. The van der Waals surface area contributed by atoms with Crippen LogP contribution in [0.3, 0.4) is 0 Å². The second kappa shape index (κ2) is 16.5. The highest BCUT2D eigenvalue weighted by Crippen LogP contribution is 2.19. The molecule has 226 valence electrons. The largest absolute Gasteiger partial charge is 0.377 e. The summed E-state index contributed by atoms with van der Waals surface area (Å²) in [7, 11) is -7.60. The van der Waals surface area contributed by atoms with Gasteiger partial charge in [0, 0.05) is 6.42 Å². The molecule has 0 fully saturated rings. The number of benzene rings is 2. The first-order valence-electron chi connectivity index (χ1n) is 13.1. The van der Waals surface area contributed by atoms with Crippen LogP contribution < -0.4 is 0 Å². The molecule has 2 rings (SSSR count). The summed E-state index contributed by atoms with van der Waals surface area (Å²) in [5, 5.41) is 0. The molecule has 0 amide bonds. The van der Waals surface area contributed by atoms with Crippen molar-refractivity contribution in [2.24, 2.45) is 0 Å². The molecule has 2 aromatic rings. The lowest BCUT2D eigenvalue weighted by molar-refractivity contribution is -0.0890. The van der Waals surface area contributed by atoms with E-state index in [2.05, 4.69) is 0 Å². The molecule has 40 heavy (non-hydrogen) atoms. The van der Waals surface area contributed by atoms with Crippen LogP contribution in [0.15, 0.2) is 58.3 Å². The van der Waals surface area contributed by atoms with Crippen molar-refractivity contribution in [2.75, 3.05) is 52.9 Å². The topological polar surface area (TPSA) is 124 Å². The number of rotatable bonds is 20. The maximum absolute atomic E-state index is 12.3. The minimum absolute atomic E-state index is 0.00302. The highest BCUT2D eigenvalue weighted by molar-refractivity contribution is 7.87. The summed E-state index contributed by atoms with van der Waals surface area (Å²) in [6.07, 6.45) is 0.195. The van der Waals surface area contributed by atoms with Crippen LogP contribution in [0.1, 0.15) is 38.3 Å². The maximum Gasteiger partial charge on any atom is 0.297 e. The summed E-state index contributed by atoms with van der Waals surface area (Å²) in [5.41, 5.74) is 1.34. The zero-order valence-electron chi connectivity index (χ0n) is 24.0. The molecular weight excluding hydrogens is 560 g/mol. The van der Waals surface area contributed by atoms with Gasteiger partial charge in [0.15, 0.2) is 0 Å². The van der Waals surface area contributed by atoms with E-state index in [4.69, 9.17) is 27.3 Å². The first-order chi connectivity index (χ1) is 18.8. The van der Waals surface area contributed by atoms with E-state index in [1.165, 1.54) is 24.3 Å². The van der Waals surface area contributed by atoms with Crippen LogP contribution in [-0.2, 0) is 47.5 Å². The predicted molar refractivity (Wildman–Crippen MR) is 150 cm³/mol. The van der Waals surface area contributed by atoms with Crippen LogP contribution in [0, 0.1) is 13.8 Å². The Morgan fingerprint density at radius 1 is 0.650 bits per heavy atom. The van der Waals surface area contributed by atoms with Gasteiger partial charge in [0.05, 0.1) is 74.4 Å². The Morgan fingerprint density at radius 3 is 1.57 bits per heavy atom. The number of aryl methyl sites for hydroxylation is 2. The van der Waals surface area contributed by atoms with E-state index in [9.17, 15) is 16.8 Å². The lowest BCUT2D eigenvalue weighted by atomic mass is 10.1. The predicted octanol–water partition coefficient (Wildman–Crippen LogP) is 4.04. The fourth-order valence-electron chi connectivity index (χ4n) is 3.24. The van der Waals surface area contributed by atoms with Gasteiger partial charge in [0.25, 0.3) is 20.2 Å². The molecule has 1 unspecified atom stereocenters. The second-order valence-electron chi connectivity index (χ2n) is 9.91. The van der Waals surface area contributed by atoms with Crippen LogP contribution in [0.5, 0.6) is 0 Å². The Bertz CT molecular complexity index is 1210. The lowest BCUT2D eigenvalue weighted by Crippen LogP contribution is -2.31. The molecule has 12 heteroatoms. The molecule has 0 heterocycles. The van der Waals surface area contributed by atoms with Crippen molar-refractivity contribution in [2.45, 2.75) is 62.5 Å². The Balaban J connectivity index is 1.49. The van der Waals surface area contributed by atoms with Gasteiger partial charge in [-0.3, -0.25) is 8.37 Å². The third-order valence-corrected chi connectivity index (χ3v) is 8.39. The summed E-state index contributed by atoms with van der Waals surface area (Å²) >= 11 is 0. The summed E-state index contributed by atoms with van der Waals surface area (Å²) in [6.45, 7) is 11.1. The van der Waals surface area contributed by atoms with Crippen molar-refractivity contribution in [3.05, 3.63) is 59.7 Å².